The number of piperidine rings is 1. The van der Waals surface area contributed by atoms with E-state index in [2.05, 4.69) is 41.4 Å². The summed E-state index contributed by atoms with van der Waals surface area (Å²) in [7, 11) is 0. The van der Waals surface area contributed by atoms with E-state index in [1.165, 1.54) is 0 Å². The maximum absolute atomic E-state index is 14.6. The molecular weight excluding hydrogens is 371 g/mol. The van der Waals surface area contributed by atoms with Crippen molar-refractivity contribution in [3.63, 3.8) is 0 Å². The molecule has 0 radical (unpaired) electrons. The monoisotopic (exact) mass is 398 g/mol. The number of aliphatic hydroxyl groups excluding tert-OH is 1. The van der Waals surface area contributed by atoms with Gasteiger partial charge < -0.3 is 15.3 Å². The molecule has 1 fully saturated rings. The van der Waals surface area contributed by atoms with Crippen molar-refractivity contribution in [2.75, 3.05) is 23.3 Å². The molecule has 3 aromatic rings. The SMILES string of the molecule is CC(C)(C)c1nnc2ccc(NCc3ccc(N4CCC(O)CC4)c(F)c3)nn12. The molecule has 1 aliphatic rings. The fraction of sp³-hybridized carbons (Fsp3) is 0.476. The van der Waals surface area contributed by atoms with Gasteiger partial charge in [0.05, 0.1) is 11.8 Å². The Kier molecular flexibility index (Phi) is 5.12. The first-order chi connectivity index (χ1) is 13.8. The molecule has 7 nitrogen and oxygen atoms in total. The van der Waals surface area contributed by atoms with Crippen LogP contribution < -0.4 is 10.2 Å². The summed E-state index contributed by atoms with van der Waals surface area (Å²) in [6.07, 6.45) is 1.08. The number of hydrogen-bond acceptors (Lipinski definition) is 6. The van der Waals surface area contributed by atoms with Gasteiger partial charge in [0.15, 0.2) is 11.5 Å². The van der Waals surface area contributed by atoms with E-state index in [1.54, 1.807) is 10.6 Å². The number of fused-ring (bicyclic) bond motifs is 1. The minimum atomic E-state index is -0.271. The summed E-state index contributed by atoms with van der Waals surface area (Å²) < 4.78 is 16.4. The second-order valence-corrected chi connectivity index (χ2v) is 8.62. The third-order valence-corrected chi connectivity index (χ3v) is 5.22. The van der Waals surface area contributed by atoms with Crippen LogP contribution in [0.25, 0.3) is 5.65 Å². The maximum atomic E-state index is 14.6. The van der Waals surface area contributed by atoms with E-state index in [0.29, 0.717) is 49.6 Å². The Bertz CT molecular complexity index is 1000. The zero-order valence-corrected chi connectivity index (χ0v) is 17.1. The Morgan fingerprint density at radius 2 is 1.90 bits per heavy atom. The third-order valence-electron chi connectivity index (χ3n) is 5.22. The van der Waals surface area contributed by atoms with Gasteiger partial charge in [-0.2, -0.15) is 4.52 Å². The lowest BCUT2D eigenvalue weighted by Crippen LogP contribution is -2.36. The highest BCUT2D eigenvalue weighted by atomic mass is 19.1. The van der Waals surface area contributed by atoms with Crippen LogP contribution in [0.1, 0.15) is 45.0 Å². The molecule has 0 unspecified atom stereocenters. The van der Waals surface area contributed by atoms with Gasteiger partial charge in [0.25, 0.3) is 0 Å². The zero-order chi connectivity index (χ0) is 20.6. The lowest BCUT2D eigenvalue weighted by molar-refractivity contribution is 0.145. The highest BCUT2D eigenvalue weighted by Crippen LogP contribution is 2.25. The number of hydrogen-bond donors (Lipinski definition) is 2. The van der Waals surface area contributed by atoms with Crippen molar-refractivity contribution in [1.82, 2.24) is 19.8 Å². The molecule has 2 aromatic heterocycles. The third kappa shape index (κ3) is 4.17. The second kappa shape index (κ2) is 7.59. The summed E-state index contributed by atoms with van der Waals surface area (Å²) in [5.74, 6) is 1.23. The molecule has 29 heavy (non-hydrogen) atoms. The standard InChI is InChI=1S/C21H27FN6O/c1-21(2,3)20-25-24-19-7-6-18(26-28(19)20)23-13-14-4-5-17(16(22)12-14)27-10-8-15(29)9-11-27/h4-7,12,15,29H,8-11,13H2,1-3H3,(H,23,26). The zero-order valence-electron chi connectivity index (χ0n) is 17.1. The van der Waals surface area contributed by atoms with E-state index in [4.69, 9.17) is 0 Å². The molecular formula is C21H27FN6O. The number of anilines is 2. The molecule has 0 atom stereocenters. The van der Waals surface area contributed by atoms with Crippen molar-refractivity contribution < 1.29 is 9.50 Å². The van der Waals surface area contributed by atoms with Gasteiger partial charge in [-0.1, -0.05) is 26.8 Å². The Labute approximate surface area is 169 Å². The number of halogens is 1. The van der Waals surface area contributed by atoms with Crippen molar-refractivity contribution in [2.45, 2.75) is 51.7 Å². The van der Waals surface area contributed by atoms with E-state index in [-0.39, 0.29) is 17.3 Å². The normalized spacial score (nSPS) is 15.8. The summed E-state index contributed by atoms with van der Waals surface area (Å²) in [4.78, 5) is 1.99. The molecule has 4 rings (SSSR count). The first-order valence-corrected chi connectivity index (χ1v) is 9.99. The van der Waals surface area contributed by atoms with Crippen LogP contribution in [0.2, 0.25) is 0 Å². The van der Waals surface area contributed by atoms with Crippen LogP contribution in [0.3, 0.4) is 0 Å². The van der Waals surface area contributed by atoms with Gasteiger partial charge in [0, 0.05) is 25.0 Å². The summed E-state index contributed by atoms with van der Waals surface area (Å²) in [6.45, 7) is 8.01. The van der Waals surface area contributed by atoms with Crippen molar-refractivity contribution in [1.29, 1.82) is 0 Å². The molecule has 0 amide bonds. The number of aromatic nitrogens is 4. The predicted molar refractivity (Wildman–Crippen MR) is 111 cm³/mol. The summed E-state index contributed by atoms with van der Waals surface area (Å²) >= 11 is 0. The van der Waals surface area contributed by atoms with Crippen LogP contribution in [0.15, 0.2) is 30.3 Å². The smallest absolute Gasteiger partial charge is 0.178 e. The molecule has 8 heteroatoms. The van der Waals surface area contributed by atoms with Gasteiger partial charge in [-0.15, -0.1) is 15.3 Å². The van der Waals surface area contributed by atoms with Gasteiger partial charge in [0.2, 0.25) is 0 Å². The summed E-state index contributed by atoms with van der Waals surface area (Å²) in [5, 5.41) is 25.9. The average Bonchev–Trinajstić information content (AvgIpc) is 3.11. The largest absolute Gasteiger partial charge is 0.393 e. The number of aliphatic hydroxyl groups is 1. The molecule has 0 spiro atoms. The number of nitrogens with zero attached hydrogens (tertiary/aromatic N) is 5. The average molecular weight is 398 g/mol. The van der Waals surface area contributed by atoms with Crippen LogP contribution in [0.5, 0.6) is 0 Å². The fourth-order valence-electron chi connectivity index (χ4n) is 3.57. The minimum Gasteiger partial charge on any atom is -0.393 e. The highest BCUT2D eigenvalue weighted by molar-refractivity contribution is 5.50. The van der Waals surface area contributed by atoms with E-state index in [1.807, 2.05) is 29.2 Å². The first kappa shape index (κ1) is 19.6. The molecule has 0 bridgehead atoms. The first-order valence-electron chi connectivity index (χ1n) is 9.99. The Hall–Kier alpha value is -2.74. The second-order valence-electron chi connectivity index (χ2n) is 8.62. The molecule has 3 heterocycles. The number of nitrogens with one attached hydrogen (secondary N) is 1. The predicted octanol–water partition coefficient (Wildman–Crippen LogP) is 3.13. The summed E-state index contributed by atoms with van der Waals surface area (Å²) in [5.41, 5.74) is 1.96. The van der Waals surface area contributed by atoms with Gasteiger partial charge >= 0.3 is 0 Å². The number of rotatable bonds is 4. The molecule has 2 N–H and O–H groups in total. The highest BCUT2D eigenvalue weighted by Gasteiger charge is 2.22. The fourth-order valence-corrected chi connectivity index (χ4v) is 3.57. The van der Waals surface area contributed by atoms with E-state index in [0.717, 1.165) is 11.4 Å². The molecule has 154 valence electrons. The van der Waals surface area contributed by atoms with E-state index in [9.17, 15) is 9.50 Å². The van der Waals surface area contributed by atoms with Crippen LogP contribution in [-0.4, -0.2) is 44.1 Å². The van der Waals surface area contributed by atoms with Gasteiger partial charge in [-0.05, 0) is 42.7 Å². The van der Waals surface area contributed by atoms with E-state index >= 15 is 0 Å². The lowest BCUT2D eigenvalue weighted by atomic mass is 9.96. The Balaban J connectivity index is 1.47. The van der Waals surface area contributed by atoms with Crippen molar-refractivity contribution >= 4 is 17.2 Å². The van der Waals surface area contributed by atoms with Crippen LogP contribution in [0, 0.1) is 5.82 Å². The summed E-state index contributed by atoms with van der Waals surface area (Å²) in [6, 6.07) is 9.02. The van der Waals surface area contributed by atoms with E-state index < -0.39 is 0 Å². The molecule has 1 aliphatic heterocycles. The number of benzene rings is 1. The van der Waals surface area contributed by atoms with Crippen molar-refractivity contribution in [2.24, 2.45) is 0 Å². The van der Waals surface area contributed by atoms with Crippen molar-refractivity contribution in [3.8, 4) is 0 Å². The van der Waals surface area contributed by atoms with Crippen LogP contribution in [-0.2, 0) is 12.0 Å². The van der Waals surface area contributed by atoms with Crippen molar-refractivity contribution in [3.05, 3.63) is 47.5 Å². The topological polar surface area (TPSA) is 78.6 Å². The lowest BCUT2D eigenvalue weighted by Gasteiger charge is -2.31. The van der Waals surface area contributed by atoms with Crippen LogP contribution >= 0.6 is 0 Å². The Morgan fingerprint density at radius 3 is 2.59 bits per heavy atom. The van der Waals surface area contributed by atoms with Gasteiger partial charge in [-0.3, -0.25) is 0 Å². The van der Waals surface area contributed by atoms with Gasteiger partial charge in [-0.25, -0.2) is 4.39 Å². The minimum absolute atomic E-state index is 0.172. The quantitative estimate of drug-likeness (QED) is 0.703. The molecule has 1 aromatic carbocycles. The molecule has 0 aliphatic carbocycles. The van der Waals surface area contributed by atoms with Gasteiger partial charge in [0.1, 0.15) is 11.6 Å². The molecule has 1 saturated heterocycles. The Morgan fingerprint density at radius 1 is 1.14 bits per heavy atom. The van der Waals surface area contributed by atoms with Crippen LogP contribution in [0.4, 0.5) is 15.9 Å². The molecule has 0 saturated carbocycles. The maximum Gasteiger partial charge on any atom is 0.178 e.